The van der Waals surface area contributed by atoms with Crippen molar-refractivity contribution in [2.24, 2.45) is 4.99 Å². The van der Waals surface area contributed by atoms with Gasteiger partial charge in [-0.25, -0.2) is 9.98 Å². The second kappa shape index (κ2) is 10.7. The van der Waals surface area contributed by atoms with Gasteiger partial charge < -0.3 is 15.4 Å². The van der Waals surface area contributed by atoms with Crippen LogP contribution in [-0.2, 0) is 6.54 Å². The van der Waals surface area contributed by atoms with Gasteiger partial charge in [-0.05, 0) is 44.5 Å². The van der Waals surface area contributed by atoms with Gasteiger partial charge in [-0.2, -0.15) is 0 Å². The van der Waals surface area contributed by atoms with Crippen molar-refractivity contribution in [3.8, 4) is 5.88 Å². The van der Waals surface area contributed by atoms with E-state index < -0.39 is 0 Å². The molecule has 2 heterocycles. The van der Waals surface area contributed by atoms with Crippen molar-refractivity contribution < 1.29 is 4.74 Å². The number of pyridine rings is 1. The molecule has 2 aromatic rings. The van der Waals surface area contributed by atoms with Crippen LogP contribution in [0, 0.1) is 0 Å². The first-order valence-corrected chi connectivity index (χ1v) is 10.1. The molecule has 0 spiro atoms. The smallest absolute Gasteiger partial charge is 0.218 e. The van der Waals surface area contributed by atoms with Crippen molar-refractivity contribution in [1.82, 2.24) is 20.5 Å². The van der Waals surface area contributed by atoms with Crippen LogP contribution in [0.5, 0.6) is 5.88 Å². The predicted molar refractivity (Wildman–Crippen MR) is 114 cm³/mol. The molecule has 1 aromatic carbocycles. The maximum atomic E-state index is 5.33. The Labute approximate surface area is 168 Å². The summed E-state index contributed by atoms with van der Waals surface area (Å²) in [7, 11) is 1.64. The van der Waals surface area contributed by atoms with E-state index in [-0.39, 0.29) is 0 Å². The minimum Gasteiger partial charge on any atom is -0.481 e. The molecule has 6 nitrogen and oxygen atoms in total. The lowest BCUT2D eigenvalue weighted by molar-refractivity contribution is 0.245. The summed E-state index contributed by atoms with van der Waals surface area (Å²) in [5.41, 5.74) is 2.32. The molecule has 1 fully saturated rings. The zero-order chi connectivity index (χ0) is 19.6. The SMILES string of the molecule is CCNC(=NCc1cccnc1OC)NCC(c1ccccc1)N1CCCC1. The van der Waals surface area contributed by atoms with E-state index >= 15 is 0 Å². The summed E-state index contributed by atoms with van der Waals surface area (Å²) >= 11 is 0. The number of nitrogens with one attached hydrogen (secondary N) is 2. The number of nitrogens with zero attached hydrogens (tertiary/aromatic N) is 3. The van der Waals surface area contributed by atoms with E-state index in [4.69, 9.17) is 9.73 Å². The van der Waals surface area contributed by atoms with Crippen LogP contribution < -0.4 is 15.4 Å². The Balaban J connectivity index is 1.69. The highest BCUT2D eigenvalue weighted by molar-refractivity contribution is 5.79. The van der Waals surface area contributed by atoms with Gasteiger partial charge in [-0.1, -0.05) is 36.4 Å². The third-order valence-corrected chi connectivity index (χ3v) is 5.02. The Morgan fingerprint density at radius 2 is 1.93 bits per heavy atom. The number of rotatable bonds is 8. The Morgan fingerprint density at radius 3 is 2.64 bits per heavy atom. The summed E-state index contributed by atoms with van der Waals surface area (Å²) < 4.78 is 5.33. The van der Waals surface area contributed by atoms with Crippen molar-refractivity contribution in [2.75, 3.05) is 33.3 Å². The summed E-state index contributed by atoms with van der Waals surface area (Å²) in [4.78, 5) is 11.6. The van der Waals surface area contributed by atoms with Crippen LogP contribution in [0.4, 0.5) is 0 Å². The van der Waals surface area contributed by atoms with Crippen LogP contribution in [-0.4, -0.2) is 49.1 Å². The highest BCUT2D eigenvalue weighted by Gasteiger charge is 2.23. The number of aliphatic imine (C=N–C) groups is 1. The third-order valence-electron chi connectivity index (χ3n) is 5.02. The van der Waals surface area contributed by atoms with E-state index in [9.17, 15) is 0 Å². The highest BCUT2D eigenvalue weighted by atomic mass is 16.5. The Hall–Kier alpha value is -2.60. The zero-order valence-electron chi connectivity index (χ0n) is 16.9. The topological polar surface area (TPSA) is 61.8 Å². The van der Waals surface area contributed by atoms with Crippen molar-refractivity contribution >= 4 is 5.96 Å². The van der Waals surface area contributed by atoms with Crippen LogP contribution in [0.25, 0.3) is 0 Å². The second-order valence-electron chi connectivity index (χ2n) is 6.92. The average Bonchev–Trinajstić information content (AvgIpc) is 3.27. The Morgan fingerprint density at radius 1 is 1.14 bits per heavy atom. The van der Waals surface area contributed by atoms with Gasteiger partial charge in [0.05, 0.1) is 19.7 Å². The molecular weight excluding hydrogens is 350 g/mol. The lowest BCUT2D eigenvalue weighted by atomic mass is 10.1. The summed E-state index contributed by atoms with van der Waals surface area (Å²) in [5.74, 6) is 1.44. The lowest BCUT2D eigenvalue weighted by Crippen LogP contribution is -2.42. The van der Waals surface area contributed by atoms with E-state index in [1.165, 1.54) is 18.4 Å². The third kappa shape index (κ3) is 5.45. The standard InChI is InChI=1S/C22H31N5O/c1-3-23-22(25-16-19-12-9-13-24-21(19)28-2)26-17-20(27-14-7-8-15-27)18-10-5-4-6-11-18/h4-6,9-13,20H,3,7-8,14-17H2,1-2H3,(H2,23,25,26). The number of methoxy groups -OCH3 is 1. The summed E-state index contributed by atoms with van der Waals surface area (Å²) in [6.45, 7) is 6.54. The first kappa shape index (κ1) is 20.1. The van der Waals surface area contributed by atoms with Gasteiger partial charge in [0, 0.05) is 24.8 Å². The number of hydrogen-bond donors (Lipinski definition) is 2. The maximum Gasteiger partial charge on any atom is 0.218 e. The van der Waals surface area contributed by atoms with Gasteiger partial charge in [0.2, 0.25) is 5.88 Å². The van der Waals surface area contributed by atoms with Crippen LogP contribution in [0.1, 0.15) is 36.9 Å². The number of guanidine groups is 1. The summed E-state index contributed by atoms with van der Waals surface area (Å²) in [6.07, 6.45) is 4.28. The molecule has 28 heavy (non-hydrogen) atoms. The van der Waals surface area contributed by atoms with Crippen LogP contribution >= 0.6 is 0 Å². The molecule has 0 bridgehead atoms. The Kier molecular flexibility index (Phi) is 7.67. The summed E-state index contributed by atoms with van der Waals surface area (Å²) in [6, 6.07) is 15.0. The van der Waals surface area contributed by atoms with Crippen LogP contribution in [0.15, 0.2) is 53.7 Å². The largest absolute Gasteiger partial charge is 0.481 e. The molecule has 3 rings (SSSR count). The van der Waals surface area contributed by atoms with Crippen molar-refractivity contribution in [1.29, 1.82) is 0 Å². The van der Waals surface area contributed by atoms with Gasteiger partial charge in [0.25, 0.3) is 0 Å². The van der Waals surface area contributed by atoms with Gasteiger partial charge >= 0.3 is 0 Å². The molecule has 1 aliphatic rings. The Bertz CT molecular complexity index is 744. The molecule has 0 amide bonds. The molecule has 1 aliphatic heterocycles. The molecule has 1 aromatic heterocycles. The lowest BCUT2D eigenvalue weighted by Gasteiger charge is -2.29. The molecule has 2 N–H and O–H groups in total. The monoisotopic (exact) mass is 381 g/mol. The molecule has 150 valence electrons. The fourth-order valence-corrected chi connectivity index (χ4v) is 3.61. The fourth-order valence-electron chi connectivity index (χ4n) is 3.61. The predicted octanol–water partition coefficient (Wildman–Crippen LogP) is 2.98. The molecule has 0 radical (unpaired) electrons. The first-order valence-electron chi connectivity index (χ1n) is 10.1. The quantitative estimate of drug-likeness (QED) is 0.544. The van der Waals surface area contributed by atoms with E-state index in [1.807, 2.05) is 12.1 Å². The van der Waals surface area contributed by atoms with Crippen LogP contribution in [0.3, 0.4) is 0 Å². The van der Waals surface area contributed by atoms with Gasteiger partial charge in [-0.15, -0.1) is 0 Å². The molecule has 6 heteroatoms. The molecule has 1 atom stereocenters. The number of hydrogen-bond acceptors (Lipinski definition) is 4. The number of benzene rings is 1. The van der Waals surface area contributed by atoms with Gasteiger partial charge in [0.15, 0.2) is 5.96 Å². The number of ether oxygens (including phenoxy) is 1. The highest BCUT2D eigenvalue weighted by Crippen LogP contribution is 2.24. The summed E-state index contributed by atoms with van der Waals surface area (Å²) in [5, 5.41) is 6.89. The maximum absolute atomic E-state index is 5.33. The minimum atomic E-state index is 0.348. The molecular formula is C22H31N5O. The molecule has 0 aliphatic carbocycles. The molecule has 1 unspecified atom stereocenters. The first-order chi connectivity index (χ1) is 13.8. The van der Waals surface area contributed by atoms with Crippen LogP contribution in [0.2, 0.25) is 0 Å². The van der Waals surface area contributed by atoms with Crippen molar-refractivity contribution in [2.45, 2.75) is 32.4 Å². The molecule has 0 saturated carbocycles. The average molecular weight is 382 g/mol. The fraction of sp³-hybridized carbons (Fsp3) is 0.455. The van der Waals surface area contributed by atoms with E-state index in [1.54, 1.807) is 13.3 Å². The zero-order valence-corrected chi connectivity index (χ0v) is 16.9. The van der Waals surface area contributed by atoms with E-state index in [0.717, 1.165) is 37.7 Å². The normalized spacial score (nSPS) is 16.0. The van der Waals surface area contributed by atoms with Gasteiger partial charge in [0.1, 0.15) is 0 Å². The van der Waals surface area contributed by atoms with Crippen molar-refractivity contribution in [3.05, 3.63) is 59.8 Å². The van der Waals surface area contributed by atoms with E-state index in [0.29, 0.717) is 18.5 Å². The van der Waals surface area contributed by atoms with E-state index in [2.05, 4.69) is 57.8 Å². The van der Waals surface area contributed by atoms with Crippen molar-refractivity contribution in [3.63, 3.8) is 0 Å². The van der Waals surface area contributed by atoms with Gasteiger partial charge in [-0.3, -0.25) is 4.90 Å². The minimum absolute atomic E-state index is 0.348. The number of aromatic nitrogens is 1. The second-order valence-corrected chi connectivity index (χ2v) is 6.92. The molecule has 1 saturated heterocycles. The number of likely N-dealkylation sites (tertiary alicyclic amines) is 1.